The molecule has 0 aliphatic carbocycles. The van der Waals surface area contributed by atoms with E-state index in [1.54, 1.807) is 22.6 Å². The summed E-state index contributed by atoms with van der Waals surface area (Å²) in [4.78, 5) is 20.0. The van der Waals surface area contributed by atoms with E-state index in [1.807, 2.05) is 0 Å². The highest BCUT2D eigenvalue weighted by molar-refractivity contribution is 14.1. The van der Waals surface area contributed by atoms with Crippen molar-refractivity contribution >= 4 is 34.7 Å². The molecule has 0 rings (SSSR count). The quantitative estimate of drug-likeness (QED) is 0.457. The Morgan fingerprint density at radius 1 is 1.40 bits per heavy atom. The maximum atomic E-state index is 10.2. The van der Waals surface area contributed by atoms with E-state index in [1.165, 1.54) is 0 Å². The predicted octanol–water partition coefficient (Wildman–Crippen LogP) is 0.617. The lowest BCUT2D eigenvalue weighted by Crippen LogP contribution is -2.13. The third kappa shape index (κ3) is 5.60. The number of carboxylic acids is 1. The minimum Gasteiger partial charge on any atom is -0.479 e. The second-order valence-corrected chi connectivity index (χ2v) is 1.81. The highest BCUT2D eigenvalue weighted by Gasteiger charge is 2.04. The van der Waals surface area contributed by atoms with E-state index in [9.17, 15) is 9.59 Å². The predicted molar refractivity (Wildman–Crippen MR) is 39.0 cm³/mol. The first-order valence-electron chi connectivity index (χ1n) is 2.24. The van der Waals surface area contributed by atoms with Gasteiger partial charge in [0, 0.05) is 0 Å². The molecule has 0 unspecified atom stereocenters. The van der Waals surface area contributed by atoms with Gasteiger partial charge in [0.2, 0.25) is 0 Å². The topological polar surface area (TPSA) is 72.8 Å². The molecule has 0 aromatic rings. The van der Waals surface area contributed by atoms with Crippen LogP contribution in [0.3, 0.4) is 0 Å². The van der Waals surface area contributed by atoms with E-state index < -0.39 is 18.7 Å². The Hall–Kier alpha value is -0.530. The summed E-state index contributed by atoms with van der Waals surface area (Å²) in [5.74, 6) is -1.20. The zero-order valence-electron chi connectivity index (χ0n) is 4.87. The lowest BCUT2D eigenvalue weighted by atomic mass is 10.7. The first-order chi connectivity index (χ1) is 4.66. The Morgan fingerprint density at radius 3 is 2.40 bits per heavy atom. The average molecular weight is 260 g/mol. The summed E-state index contributed by atoms with van der Waals surface area (Å²) in [6.07, 6.45) is -0.961. The fourth-order valence-corrected chi connectivity index (χ4v) is 0.461. The minimum atomic E-state index is -1.20. The molecular weight excluding hydrogens is 255 g/mol. The number of carbonyl (C=O) groups excluding carboxylic acids is 1. The smallest absolute Gasteiger partial charge is 0.479 e. The number of halogens is 1. The van der Waals surface area contributed by atoms with Gasteiger partial charge >= 0.3 is 12.1 Å². The van der Waals surface area contributed by atoms with Crippen LogP contribution in [0, 0.1) is 0 Å². The summed E-state index contributed by atoms with van der Waals surface area (Å²) in [5, 5.41) is 8.00. The number of rotatable bonds is 3. The molecule has 10 heavy (non-hydrogen) atoms. The summed E-state index contributed by atoms with van der Waals surface area (Å²) in [6, 6.07) is 0. The Morgan fingerprint density at radius 2 is 2.00 bits per heavy atom. The van der Waals surface area contributed by atoms with Gasteiger partial charge in [0.1, 0.15) is 4.61 Å². The largest absolute Gasteiger partial charge is 0.509 e. The second-order valence-electron chi connectivity index (χ2n) is 1.19. The zero-order chi connectivity index (χ0) is 7.98. The third-order valence-corrected chi connectivity index (χ3v) is 0.797. The van der Waals surface area contributed by atoms with Crippen LogP contribution in [0.4, 0.5) is 4.79 Å². The van der Waals surface area contributed by atoms with Crippen molar-refractivity contribution in [1.82, 2.24) is 0 Å². The van der Waals surface area contributed by atoms with Crippen molar-refractivity contribution < 1.29 is 24.2 Å². The van der Waals surface area contributed by atoms with Gasteiger partial charge in [0.05, 0.1) is 0 Å². The molecule has 0 saturated heterocycles. The van der Waals surface area contributed by atoms with Crippen molar-refractivity contribution in [2.45, 2.75) is 0 Å². The van der Waals surface area contributed by atoms with E-state index in [0.29, 0.717) is 0 Å². The molecule has 5 nitrogen and oxygen atoms in total. The molecule has 0 bridgehead atoms. The van der Waals surface area contributed by atoms with E-state index >= 15 is 0 Å². The fourth-order valence-electron chi connectivity index (χ4n) is 0.207. The zero-order valence-corrected chi connectivity index (χ0v) is 7.03. The van der Waals surface area contributed by atoms with Crippen LogP contribution in [-0.2, 0) is 14.3 Å². The third-order valence-electron chi connectivity index (χ3n) is 0.486. The number of hydrogen-bond donors (Lipinski definition) is 1. The van der Waals surface area contributed by atoms with Crippen molar-refractivity contribution in [3.63, 3.8) is 0 Å². The number of aliphatic carboxylic acids is 1. The van der Waals surface area contributed by atoms with Crippen LogP contribution in [0.15, 0.2) is 0 Å². The maximum absolute atomic E-state index is 10.2. The second kappa shape index (κ2) is 5.27. The number of carboxylic acid groups (broad SMARTS) is 1. The van der Waals surface area contributed by atoms with Crippen LogP contribution < -0.4 is 0 Å². The van der Waals surface area contributed by atoms with Crippen molar-refractivity contribution in [1.29, 1.82) is 0 Å². The molecule has 0 fully saturated rings. The van der Waals surface area contributed by atoms with Gasteiger partial charge in [-0.2, -0.15) is 0 Å². The molecule has 0 amide bonds. The number of ether oxygens (including phenoxy) is 2. The number of hydrogen-bond acceptors (Lipinski definition) is 4. The highest BCUT2D eigenvalue weighted by atomic mass is 127. The molecule has 0 spiro atoms. The molecule has 6 heteroatoms. The van der Waals surface area contributed by atoms with Crippen molar-refractivity contribution in [3.05, 3.63) is 0 Å². The summed E-state index contributed by atoms with van der Waals surface area (Å²) in [5.41, 5.74) is 0. The lowest BCUT2D eigenvalue weighted by Gasteiger charge is -1.98. The van der Waals surface area contributed by atoms with Crippen LogP contribution in [0.1, 0.15) is 0 Å². The van der Waals surface area contributed by atoms with Gasteiger partial charge in [-0.05, 0) is 22.6 Å². The van der Waals surface area contributed by atoms with Gasteiger partial charge in [0.15, 0.2) is 6.61 Å². The Labute approximate surface area is 70.4 Å². The van der Waals surface area contributed by atoms with E-state index in [4.69, 9.17) is 5.11 Å². The molecule has 0 saturated carbocycles. The van der Waals surface area contributed by atoms with Crippen LogP contribution in [0.5, 0.6) is 0 Å². The summed E-state index contributed by atoms with van der Waals surface area (Å²) in [7, 11) is 0. The average Bonchev–Trinajstić information content (AvgIpc) is 1.85. The first kappa shape index (κ1) is 9.47. The van der Waals surface area contributed by atoms with Crippen LogP contribution in [-0.4, -0.2) is 28.5 Å². The van der Waals surface area contributed by atoms with Crippen LogP contribution in [0.2, 0.25) is 0 Å². The SMILES string of the molecule is O=C(O)COC(=O)OCI. The Bertz CT molecular complexity index is 134. The molecule has 0 heterocycles. The minimum absolute atomic E-state index is 0.149. The Kier molecular flexibility index (Phi) is 4.99. The van der Waals surface area contributed by atoms with Crippen molar-refractivity contribution in [3.8, 4) is 0 Å². The Balaban J connectivity index is 3.30. The van der Waals surface area contributed by atoms with Gasteiger partial charge in [-0.15, -0.1) is 0 Å². The molecule has 0 aliphatic heterocycles. The van der Waals surface area contributed by atoms with Crippen LogP contribution >= 0.6 is 22.6 Å². The van der Waals surface area contributed by atoms with E-state index in [-0.39, 0.29) is 4.61 Å². The molecular formula is C4H5IO5. The van der Waals surface area contributed by atoms with Crippen LogP contribution in [0.25, 0.3) is 0 Å². The fraction of sp³-hybridized carbons (Fsp3) is 0.500. The molecule has 0 aromatic carbocycles. The molecule has 0 aliphatic rings. The number of carbonyl (C=O) groups is 2. The van der Waals surface area contributed by atoms with Gasteiger partial charge in [0.25, 0.3) is 0 Å². The van der Waals surface area contributed by atoms with Gasteiger partial charge in [-0.3, -0.25) is 0 Å². The highest BCUT2D eigenvalue weighted by Crippen LogP contribution is 1.88. The molecule has 0 atom stereocenters. The number of alkyl halides is 1. The normalized spacial score (nSPS) is 8.50. The lowest BCUT2D eigenvalue weighted by molar-refractivity contribution is -0.141. The van der Waals surface area contributed by atoms with Gasteiger partial charge in [-0.1, -0.05) is 0 Å². The first-order valence-corrected chi connectivity index (χ1v) is 3.76. The molecule has 0 aromatic heterocycles. The van der Waals surface area contributed by atoms with Gasteiger partial charge in [-0.25, -0.2) is 9.59 Å². The van der Waals surface area contributed by atoms with Gasteiger partial charge < -0.3 is 14.6 Å². The van der Waals surface area contributed by atoms with Crippen molar-refractivity contribution in [2.24, 2.45) is 0 Å². The standard InChI is InChI=1S/C4H5IO5/c5-2-10-4(8)9-1-3(6)7/h1-2H2,(H,6,7). The molecule has 1 N–H and O–H groups in total. The summed E-state index contributed by atoms with van der Waals surface area (Å²) >= 11 is 1.79. The molecule has 58 valence electrons. The maximum Gasteiger partial charge on any atom is 0.509 e. The summed E-state index contributed by atoms with van der Waals surface area (Å²) < 4.78 is 8.48. The molecule has 0 radical (unpaired) electrons. The van der Waals surface area contributed by atoms with E-state index in [0.717, 1.165) is 0 Å². The van der Waals surface area contributed by atoms with Crippen molar-refractivity contribution in [2.75, 3.05) is 11.2 Å². The summed E-state index contributed by atoms with van der Waals surface area (Å²) in [6.45, 7) is -0.657. The van der Waals surface area contributed by atoms with E-state index in [2.05, 4.69) is 9.47 Å². The monoisotopic (exact) mass is 260 g/mol.